The summed E-state index contributed by atoms with van der Waals surface area (Å²) >= 11 is 0. The molecule has 1 saturated heterocycles. The van der Waals surface area contributed by atoms with Gasteiger partial charge >= 0.3 is 6.18 Å². The van der Waals surface area contributed by atoms with Crippen molar-refractivity contribution in [3.05, 3.63) is 52.1 Å². The molecule has 10 heteroatoms. The van der Waals surface area contributed by atoms with Gasteiger partial charge in [0.25, 0.3) is 11.8 Å². The molecule has 7 nitrogen and oxygen atoms in total. The molecule has 4 heterocycles. The highest BCUT2D eigenvalue weighted by molar-refractivity contribution is 6.01. The first-order chi connectivity index (χ1) is 15.7. The van der Waals surface area contributed by atoms with Crippen LogP contribution < -0.4 is 5.32 Å². The Bertz CT molecular complexity index is 1110. The van der Waals surface area contributed by atoms with Crippen LogP contribution in [0.1, 0.15) is 75.7 Å². The zero-order chi connectivity index (χ0) is 23.3. The Kier molecular flexibility index (Phi) is 5.43. The van der Waals surface area contributed by atoms with Gasteiger partial charge in [-0.25, -0.2) is 4.98 Å². The first-order valence-corrected chi connectivity index (χ1v) is 11.2. The minimum Gasteiger partial charge on any atom is -0.373 e. The second-order valence-electron chi connectivity index (χ2n) is 8.88. The second kappa shape index (κ2) is 8.16. The van der Waals surface area contributed by atoms with E-state index in [0.717, 1.165) is 18.9 Å². The van der Waals surface area contributed by atoms with Crippen LogP contribution in [0.25, 0.3) is 0 Å². The number of hydrogen-bond acceptors (Lipinski definition) is 4. The molecule has 5 rings (SSSR count). The molecule has 1 aliphatic carbocycles. The van der Waals surface area contributed by atoms with E-state index in [1.807, 2.05) is 16.4 Å². The molecule has 2 aromatic rings. The van der Waals surface area contributed by atoms with Crippen LogP contribution in [0.2, 0.25) is 0 Å². The molecule has 0 bridgehead atoms. The predicted molar refractivity (Wildman–Crippen MR) is 112 cm³/mol. The third-order valence-electron chi connectivity index (χ3n) is 6.83. The third kappa shape index (κ3) is 3.90. The van der Waals surface area contributed by atoms with Crippen molar-refractivity contribution in [1.82, 2.24) is 19.8 Å². The summed E-state index contributed by atoms with van der Waals surface area (Å²) in [4.78, 5) is 32.0. The topological polar surface area (TPSA) is 76.5 Å². The summed E-state index contributed by atoms with van der Waals surface area (Å²) in [6.07, 6.45) is -1.75. The van der Waals surface area contributed by atoms with Crippen molar-refractivity contribution in [2.45, 2.75) is 64.0 Å². The van der Waals surface area contributed by atoms with Gasteiger partial charge in [-0.05, 0) is 50.3 Å². The fourth-order valence-electron chi connectivity index (χ4n) is 5.09. The van der Waals surface area contributed by atoms with Gasteiger partial charge < -0.3 is 19.5 Å². The smallest absolute Gasteiger partial charge is 0.373 e. The molecule has 33 heavy (non-hydrogen) atoms. The summed E-state index contributed by atoms with van der Waals surface area (Å²) < 4.78 is 46.3. The van der Waals surface area contributed by atoms with E-state index < -0.39 is 17.9 Å². The molecule has 1 fully saturated rings. The van der Waals surface area contributed by atoms with Crippen LogP contribution >= 0.6 is 0 Å². The van der Waals surface area contributed by atoms with Crippen molar-refractivity contribution in [3.8, 4) is 0 Å². The fraction of sp³-hybridized carbons (Fsp3) is 0.522. The summed E-state index contributed by atoms with van der Waals surface area (Å²) in [5, 5.41) is 2.94. The molecule has 0 saturated carbocycles. The highest BCUT2D eigenvalue weighted by Crippen LogP contribution is 2.35. The van der Waals surface area contributed by atoms with Crippen molar-refractivity contribution in [3.63, 3.8) is 0 Å². The lowest BCUT2D eigenvalue weighted by atomic mass is 10.1. The Hall–Kier alpha value is -2.88. The van der Waals surface area contributed by atoms with Gasteiger partial charge in [0, 0.05) is 24.8 Å². The fourth-order valence-corrected chi connectivity index (χ4v) is 5.09. The van der Waals surface area contributed by atoms with Gasteiger partial charge in [-0.3, -0.25) is 9.59 Å². The molecular weight excluding hydrogens is 437 g/mol. The lowest BCUT2D eigenvalue weighted by Gasteiger charge is -2.24. The molecule has 1 N–H and O–H groups in total. The van der Waals surface area contributed by atoms with E-state index in [0.29, 0.717) is 60.7 Å². The second-order valence-corrected chi connectivity index (χ2v) is 8.88. The maximum absolute atomic E-state index is 13.2. The number of halogens is 3. The number of rotatable bonds is 3. The number of aromatic nitrogens is 2. The quantitative estimate of drug-likeness (QED) is 0.758. The number of alkyl halides is 3. The molecule has 0 aromatic carbocycles. The van der Waals surface area contributed by atoms with E-state index in [2.05, 4.69) is 10.3 Å². The highest BCUT2D eigenvalue weighted by Gasteiger charge is 2.36. The number of aryl methyl sites for hydroxylation is 1. The number of hydrogen-bond donors (Lipinski definition) is 1. The highest BCUT2D eigenvalue weighted by atomic mass is 19.4. The van der Waals surface area contributed by atoms with Crippen LogP contribution in [0.3, 0.4) is 0 Å². The maximum atomic E-state index is 13.2. The van der Waals surface area contributed by atoms with Crippen LogP contribution in [-0.2, 0) is 30.5 Å². The summed E-state index contributed by atoms with van der Waals surface area (Å²) in [6.45, 7) is 3.90. The summed E-state index contributed by atoms with van der Waals surface area (Å²) in [5.74, 6) is -0.451. The summed E-state index contributed by atoms with van der Waals surface area (Å²) in [6, 6.07) is 3.70. The molecule has 0 spiro atoms. The first-order valence-electron chi connectivity index (χ1n) is 11.2. The Morgan fingerprint density at radius 2 is 2.03 bits per heavy atom. The Labute approximate surface area is 188 Å². The molecule has 2 amide bonds. The van der Waals surface area contributed by atoms with Gasteiger partial charge in [-0.1, -0.05) is 6.07 Å². The zero-order valence-corrected chi connectivity index (χ0v) is 18.2. The van der Waals surface area contributed by atoms with E-state index >= 15 is 0 Å². The Balaban J connectivity index is 1.40. The number of fused-ring (bicyclic) bond motifs is 2. The maximum Gasteiger partial charge on any atom is 0.433 e. The van der Waals surface area contributed by atoms with E-state index in [9.17, 15) is 22.8 Å². The van der Waals surface area contributed by atoms with Crippen LogP contribution in [0, 0.1) is 0 Å². The van der Waals surface area contributed by atoms with Gasteiger partial charge in [0.1, 0.15) is 11.4 Å². The van der Waals surface area contributed by atoms with Crippen molar-refractivity contribution >= 4 is 11.8 Å². The van der Waals surface area contributed by atoms with Gasteiger partial charge in [0.2, 0.25) is 0 Å². The predicted octanol–water partition coefficient (Wildman–Crippen LogP) is 3.47. The lowest BCUT2D eigenvalue weighted by molar-refractivity contribution is -0.141. The summed E-state index contributed by atoms with van der Waals surface area (Å²) in [5.41, 5.74) is 1.54. The number of amides is 2. The van der Waals surface area contributed by atoms with Crippen LogP contribution in [0.5, 0.6) is 0 Å². The van der Waals surface area contributed by atoms with Crippen molar-refractivity contribution in [1.29, 1.82) is 0 Å². The monoisotopic (exact) mass is 462 g/mol. The number of nitrogens with zero attached hydrogens (tertiary/aromatic N) is 3. The number of likely N-dealkylation sites (tertiary alicyclic amines) is 1. The Morgan fingerprint density at radius 3 is 2.76 bits per heavy atom. The number of carbonyl (C=O) groups excluding carboxylic acids is 2. The van der Waals surface area contributed by atoms with Crippen LogP contribution in [0.4, 0.5) is 13.2 Å². The minimum absolute atomic E-state index is 0.0858. The SMILES string of the molecule is C[C@H]1CCCN1C(=O)c1cc(C(=O)NC2CCc3nc(C(F)(F)F)ccc32)c2n1CCOC2. The summed E-state index contributed by atoms with van der Waals surface area (Å²) in [7, 11) is 0. The average Bonchev–Trinajstić information content (AvgIpc) is 3.49. The van der Waals surface area contributed by atoms with Gasteiger partial charge in [0.05, 0.1) is 30.5 Å². The first kappa shape index (κ1) is 21.9. The molecule has 2 aliphatic heterocycles. The van der Waals surface area contributed by atoms with Crippen LogP contribution in [0.15, 0.2) is 18.2 Å². The van der Waals surface area contributed by atoms with Gasteiger partial charge in [-0.15, -0.1) is 0 Å². The molecule has 2 atom stereocenters. The van der Waals surface area contributed by atoms with E-state index in [1.165, 1.54) is 6.07 Å². The standard InChI is InChI=1S/C23H25F3N4O3/c1-13-3-2-8-29(13)22(32)18-11-15(19-12-33-10-9-30(18)19)21(31)28-17-6-5-16-14(17)4-7-20(27-16)23(24,25)26/h4,7,11,13,17H,2-3,5-6,8-10,12H2,1H3,(H,28,31)/t13-,17?/m0/s1. The molecule has 176 valence electrons. The van der Waals surface area contributed by atoms with Gasteiger partial charge in [0.15, 0.2) is 0 Å². The zero-order valence-electron chi connectivity index (χ0n) is 18.2. The van der Waals surface area contributed by atoms with Crippen molar-refractivity contribution in [2.24, 2.45) is 0 Å². The number of nitrogens with one attached hydrogen (secondary N) is 1. The van der Waals surface area contributed by atoms with Crippen LogP contribution in [-0.4, -0.2) is 45.5 Å². The number of pyridine rings is 1. The minimum atomic E-state index is -4.50. The largest absolute Gasteiger partial charge is 0.433 e. The third-order valence-corrected chi connectivity index (χ3v) is 6.83. The number of carbonyl (C=O) groups is 2. The molecular formula is C23H25F3N4O3. The van der Waals surface area contributed by atoms with Crippen molar-refractivity contribution in [2.75, 3.05) is 13.2 Å². The molecule has 2 aromatic heterocycles. The van der Waals surface area contributed by atoms with Crippen molar-refractivity contribution < 1.29 is 27.5 Å². The van der Waals surface area contributed by atoms with E-state index in [-0.39, 0.29) is 24.5 Å². The Morgan fingerprint density at radius 1 is 1.21 bits per heavy atom. The normalized spacial score (nSPS) is 22.2. The lowest BCUT2D eigenvalue weighted by Crippen LogP contribution is -2.35. The van der Waals surface area contributed by atoms with E-state index in [1.54, 1.807) is 6.07 Å². The van der Waals surface area contributed by atoms with Gasteiger partial charge in [-0.2, -0.15) is 13.2 Å². The average molecular weight is 462 g/mol. The number of ether oxygens (including phenoxy) is 1. The molecule has 3 aliphatic rings. The molecule has 1 unspecified atom stereocenters. The van der Waals surface area contributed by atoms with E-state index in [4.69, 9.17) is 4.74 Å². The molecule has 0 radical (unpaired) electrons.